The maximum absolute atomic E-state index is 10.4. The third-order valence-electron chi connectivity index (χ3n) is 2.17. The van der Waals surface area contributed by atoms with E-state index in [0.717, 1.165) is 5.69 Å². The molecule has 2 aromatic rings. The second-order valence-corrected chi connectivity index (χ2v) is 3.48. The van der Waals surface area contributed by atoms with E-state index in [0.29, 0.717) is 11.5 Å². The highest BCUT2D eigenvalue weighted by atomic mass is 16.3. The number of nitrogens with zero attached hydrogens (tertiary/aromatic N) is 2. The number of hydrogen-bond acceptors (Lipinski definition) is 4. The molecule has 1 aromatic heterocycles. The highest BCUT2D eigenvalue weighted by Crippen LogP contribution is 2.19. The summed E-state index contributed by atoms with van der Waals surface area (Å²) in [4.78, 5) is 14.4. The lowest BCUT2D eigenvalue weighted by molar-refractivity contribution is 1.29. The van der Waals surface area contributed by atoms with Gasteiger partial charge in [0.25, 0.3) is 0 Å². The first-order chi connectivity index (χ1) is 7.78. The Balaban J connectivity index is 2.20. The van der Waals surface area contributed by atoms with Crippen LogP contribution >= 0.6 is 0 Å². The fraction of sp³-hybridized carbons (Fsp3) is 0.0833. The molecule has 80 valence electrons. The highest BCUT2D eigenvalue weighted by Gasteiger charge is 1.97. The van der Waals surface area contributed by atoms with E-state index in [1.54, 1.807) is 18.3 Å². The first-order valence-corrected chi connectivity index (χ1v) is 4.91. The van der Waals surface area contributed by atoms with Crippen LogP contribution in [0.4, 0.5) is 17.2 Å². The Morgan fingerprint density at radius 3 is 2.62 bits per heavy atom. The number of rotatable bonds is 3. The van der Waals surface area contributed by atoms with Gasteiger partial charge in [0.2, 0.25) is 0 Å². The average Bonchev–Trinajstić information content (AvgIpc) is 2.32. The first kappa shape index (κ1) is 10.3. The van der Waals surface area contributed by atoms with Crippen molar-refractivity contribution < 1.29 is 0 Å². The third kappa shape index (κ3) is 2.42. The number of hydrogen-bond donors (Lipinski definition) is 1. The van der Waals surface area contributed by atoms with Crippen LogP contribution in [0, 0.1) is 11.8 Å². The third-order valence-corrected chi connectivity index (χ3v) is 2.17. The molecule has 16 heavy (non-hydrogen) atoms. The summed E-state index contributed by atoms with van der Waals surface area (Å²) in [6.45, 7) is 2.03. The molecule has 0 unspecified atom stereocenters. The van der Waals surface area contributed by atoms with Crippen LogP contribution in [0.1, 0.15) is 5.56 Å². The van der Waals surface area contributed by atoms with Crippen molar-refractivity contribution in [1.82, 2.24) is 4.98 Å². The molecule has 1 heterocycles. The predicted molar refractivity (Wildman–Crippen MR) is 64.2 cm³/mol. The largest absolute Gasteiger partial charge is 0.340 e. The smallest absolute Gasteiger partial charge is 0.132 e. The Morgan fingerprint density at radius 2 is 1.94 bits per heavy atom. The lowest BCUT2D eigenvalue weighted by Crippen LogP contribution is -1.92. The fourth-order valence-electron chi connectivity index (χ4n) is 1.33. The molecule has 0 amide bonds. The molecule has 0 spiro atoms. The monoisotopic (exact) mass is 213 g/mol. The minimum atomic E-state index is 0.365. The molecular weight excluding hydrogens is 202 g/mol. The van der Waals surface area contributed by atoms with Crippen molar-refractivity contribution in [2.45, 2.75) is 6.92 Å². The van der Waals surface area contributed by atoms with Gasteiger partial charge in [0.15, 0.2) is 0 Å². The molecule has 0 atom stereocenters. The van der Waals surface area contributed by atoms with Gasteiger partial charge in [-0.25, -0.2) is 4.98 Å². The van der Waals surface area contributed by atoms with Crippen LogP contribution in [0.15, 0.2) is 47.8 Å². The van der Waals surface area contributed by atoms with Gasteiger partial charge in [-0.15, -0.1) is 4.91 Å². The van der Waals surface area contributed by atoms with E-state index in [-0.39, 0.29) is 0 Å². The minimum absolute atomic E-state index is 0.365. The van der Waals surface area contributed by atoms with Gasteiger partial charge in [-0.2, -0.15) is 0 Å². The molecule has 0 aliphatic rings. The zero-order valence-electron chi connectivity index (χ0n) is 8.84. The van der Waals surface area contributed by atoms with Crippen LogP contribution in [-0.4, -0.2) is 4.98 Å². The summed E-state index contributed by atoms with van der Waals surface area (Å²) in [6, 6.07) is 11.1. The summed E-state index contributed by atoms with van der Waals surface area (Å²) in [5.74, 6) is 0.612. The number of nitroso groups, excluding NO2 is 1. The van der Waals surface area contributed by atoms with Crippen LogP contribution in [0.2, 0.25) is 0 Å². The van der Waals surface area contributed by atoms with Gasteiger partial charge in [0.05, 0.1) is 0 Å². The van der Waals surface area contributed by atoms with Gasteiger partial charge in [-0.05, 0) is 30.3 Å². The van der Waals surface area contributed by atoms with Crippen molar-refractivity contribution in [2.75, 3.05) is 5.32 Å². The first-order valence-electron chi connectivity index (χ1n) is 4.91. The number of anilines is 2. The molecule has 0 fully saturated rings. The fourth-order valence-corrected chi connectivity index (χ4v) is 1.33. The summed E-state index contributed by atoms with van der Waals surface area (Å²) in [5.41, 5.74) is 2.49. The Labute approximate surface area is 93.3 Å². The second-order valence-electron chi connectivity index (χ2n) is 3.48. The Morgan fingerprint density at radius 1 is 1.19 bits per heavy atom. The summed E-state index contributed by atoms with van der Waals surface area (Å²) < 4.78 is 0. The molecule has 0 aliphatic carbocycles. The van der Waals surface area contributed by atoms with Gasteiger partial charge in [0, 0.05) is 18.0 Å². The van der Waals surface area contributed by atoms with Gasteiger partial charge in [0.1, 0.15) is 11.5 Å². The SMILES string of the molecule is Cc1ccc(Nc2cc(N=O)ccn2)cc1. The van der Waals surface area contributed by atoms with Crippen molar-refractivity contribution in [3.8, 4) is 0 Å². The Hall–Kier alpha value is -2.23. The van der Waals surface area contributed by atoms with Gasteiger partial charge in [-0.1, -0.05) is 17.7 Å². The topological polar surface area (TPSA) is 54.4 Å². The average molecular weight is 213 g/mol. The molecule has 1 aromatic carbocycles. The molecule has 0 aliphatic heterocycles. The lowest BCUT2D eigenvalue weighted by atomic mass is 10.2. The van der Waals surface area contributed by atoms with Crippen molar-refractivity contribution in [1.29, 1.82) is 0 Å². The molecule has 2 rings (SSSR count). The van der Waals surface area contributed by atoms with Crippen molar-refractivity contribution in [3.05, 3.63) is 53.1 Å². The molecule has 0 radical (unpaired) electrons. The number of nitrogens with one attached hydrogen (secondary N) is 1. The van der Waals surface area contributed by atoms with E-state index in [4.69, 9.17) is 0 Å². The van der Waals surface area contributed by atoms with E-state index in [9.17, 15) is 4.91 Å². The van der Waals surface area contributed by atoms with Gasteiger partial charge in [-0.3, -0.25) is 0 Å². The minimum Gasteiger partial charge on any atom is -0.340 e. The highest BCUT2D eigenvalue weighted by molar-refractivity contribution is 5.59. The van der Waals surface area contributed by atoms with Gasteiger partial charge < -0.3 is 5.32 Å². The van der Waals surface area contributed by atoms with E-state index < -0.39 is 0 Å². The van der Waals surface area contributed by atoms with E-state index in [2.05, 4.69) is 15.5 Å². The van der Waals surface area contributed by atoms with E-state index >= 15 is 0 Å². The normalized spacial score (nSPS) is 9.81. The van der Waals surface area contributed by atoms with Crippen molar-refractivity contribution in [2.24, 2.45) is 5.18 Å². The van der Waals surface area contributed by atoms with Crippen LogP contribution in [-0.2, 0) is 0 Å². The van der Waals surface area contributed by atoms with E-state index in [1.165, 1.54) is 5.56 Å². The van der Waals surface area contributed by atoms with Crippen molar-refractivity contribution in [3.63, 3.8) is 0 Å². The summed E-state index contributed by atoms with van der Waals surface area (Å²) in [5, 5.41) is 5.95. The number of benzene rings is 1. The maximum Gasteiger partial charge on any atom is 0.132 e. The Kier molecular flexibility index (Phi) is 2.91. The van der Waals surface area contributed by atoms with Crippen LogP contribution < -0.4 is 5.32 Å². The number of aryl methyl sites for hydroxylation is 1. The van der Waals surface area contributed by atoms with Crippen LogP contribution in [0.25, 0.3) is 0 Å². The predicted octanol–water partition coefficient (Wildman–Crippen LogP) is 3.53. The Bertz CT molecular complexity index is 494. The quantitative estimate of drug-likeness (QED) is 0.793. The van der Waals surface area contributed by atoms with Crippen LogP contribution in [0.3, 0.4) is 0 Å². The van der Waals surface area contributed by atoms with Crippen molar-refractivity contribution >= 4 is 17.2 Å². The number of pyridine rings is 1. The number of aromatic nitrogens is 1. The molecule has 4 nitrogen and oxygen atoms in total. The lowest BCUT2D eigenvalue weighted by Gasteiger charge is -2.05. The summed E-state index contributed by atoms with van der Waals surface area (Å²) in [7, 11) is 0. The summed E-state index contributed by atoms with van der Waals surface area (Å²) >= 11 is 0. The van der Waals surface area contributed by atoms with E-state index in [1.807, 2.05) is 31.2 Å². The molecule has 4 heteroatoms. The molecular formula is C12H11N3O. The molecule has 0 bridgehead atoms. The molecule has 0 saturated heterocycles. The molecule has 1 N–H and O–H groups in total. The standard InChI is InChI=1S/C12H11N3O/c1-9-2-4-10(5-3-9)14-12-8-11(15-16)6-7-13-12/h2-8H,1H3,(H,13,14). The second kappa shape index (κ2) is 4.53. The summed E-state index contributed by atoms with van der Waals surface area (Å²) in [6.07, 6.45) is 1.55. The van der Waals surface area contributed by atoms with Crippen LogP contribution in [0.5, 0.6) is 0 Å². The van der Waals surface area contributed by atoms with Gasteiger partial charge >= 0.3 is 0 Å². The maximum atomic E-state index is 10.4. The molecule has 0 saturated carbocycles. The zero-order valence-corrected chi connectivity index (χ0v) is 8.84. The zero-order chi connectivity index (χ0) is 11.4.